The van der Waals surface area contributed by atoms with Gasteiger partial charge in [0.05, 0.1) is 0 Å². The van der Waals surface area contributed by atoms with Crippen LogP contribution in [0.15, 0.2) is 12.1 Å². The Labute approximate surface area is 74.8 Å². The molecule has 0 saturated heterocycles. The molecule has 0 amide bonds. The summed E-state index contributed by atoms with van der Waals surface area (Å²) in [6.07, 6.45) is 0.408. The van der Waals surface area contributed by atoms with Gasteiger partial charge in [0.25, 0.3) is 0 Å². The third-order valence-electron chi connectivity index (χ3n) is 1.62. The molecule has 1 aromatic rings. The molecule has 0 bridgehead atoms. The highest BCUT2D eigenvalue weighted by molar-refractivity contribution is 5.76. The summed E-state index contributed by atoms with van der Waals surface area (Å²) in [6.45, 7) is 0. The Bertz CT molecular complexity index is 313. The van der Waals surface area contributed by atoms with Crippen LogP contribution in [0, 0.1) is 11.6 Å². The molecule has 0 atom stereocenters. The van der Waals surface area contributed by atoms with E-state index in [9.17, 15) is 13.6 Å². The minimum absolute atomic E-state index is 0.000556. The maximum absolute atomic E-state index is 13.1. The van der Waals surface area contributed by atoms with E-state index in [1.165, 1.54) is 19.0 Å². The summed E-state index contributed by atoms with van der Waals surface area (Å²) in [5, 5.41) is 0. The minimum Gasteiger partial charge on any atom is -0.373 e. The number of nitrogens with zero attached hydrogens (tertiary/aromatic N) is 1. The zero-order valence-electron chi connectivity index (χ0n) is 7.34. The van der Waals surface area contributed by atoms with Crippen LogP contribution in [-0.4, -0.2) is 20.4 Å². The van der Waals surface area contributed by atoms with Crippen molar-refractivity contribution < 1.29 is 13.6 Å². The van der Waals surface area contributed by atoms with E-state index < -0.39 is 11.6 Å². The van der Waals surface area contributed by atoms with Gasteiger partial charge in [-0.1, -0.05) is 0 Å². The molecule has 0 aliphatic rings. The maximum Gasteiger partial charge on any atom is 0.150 e. The minimum atomic E-state index is -0.730. The summed E-state index contributed by atoms with van der Waals surface area (Å²) < 4.78 is 26.2. The van der Waals surface area contributed by atoms with Gasteiger partial charge in [0.15, 0.2) is 0 Å². The van der Waals surface area contributed by atoms with Crippen LogP contribution in [0.25, 0.3) is 0 Å². The molecule has 70 valence electrons. The van der Waals surface area contributed by atoms with Gasteiger partial charge in [-0.3, -0.25) is 4.79 Å². The molecule has 0 radical (unpaired) electrons. The normalized spacial score (nSPS) is 9.85. The Morgan fingerprint density at radius 2 is 1.69 bits per heavy atom. The molecule has 0 spiro atoms. The molecule has 0 heterocycles. The molecule has 0 aliphatic carbocycles. The Kier molecular flexibility index (Phi) is 2.60. The maximum atomic E-state index is 13.1. The second kappa shape index (κ2) is 3.51. The molecule has 13 heavy (non-hydrogen) atoms. The fraction of sp³-hybridized carbons (Fsp3) is 0.222. The highest BCUT2D eigenvalue weighted by atomic mass is 19.1. The summed E-state index contributed by atoms with van der Waals surface area (Å²) in [6, 6.07) is 2.01. The molecule has 0 N–H and O–H groups in total. The van der Waals surface area contributed by atoms with E-state index in [2.05, 4.69) is 0 Å². The van der Waals surface area contributed by atoms with Gasteiger partial charge in [-0.2, -0.15) is 0 Å². The zero-order chi connectivity index (χ0) is 10.0. The average Bonchev–Trinajstić information content (AvgIpc) is 2.02. The lowest BCUT2D eigenvalue weighted by molar-refractivity contribution is 0.112. The lowest BCUT2D eigenvalue weighted by Crippen LogP contribution is -2.13. The number of carbonyl (C=O) groups is 1. The SMILES string of the molecule is CN(C)c1c(F)cc(C=O)cc1F. The second-order valence-electron chi connectivity index (χ2n) is 2.85. The molecule has 2 nitrogen and oxygen atoms in total. The second-order valence-corrected chi connectivity index (χ2v) is 2.85. The van der Waals surface area contributed by atoms with Gasteiger partial charge >= 0.3 is 0 Å². The van der Waals surface area contributed by atoms with Gasteiger partial charge in [0, 0.05) is 19.7 Å². The van der Waals surface area contributed by atoms with Crippen molar-refractivity contribution in [1.29, 1.82) is 0 Å². The van der Waals surface area contributed by atoms with Gasteiger partial charge in [-0.05, 0) is 12.1 Å². The van der Waals surface area contributed by atoms with Crippen LogP contribution in [0.1, 0.15) is 10.4 Å². The molecule has 0 aromatic heterocycles. The Morgan fingerprint density at radius 3 is 2.00 bits per heavy atom. The van der Waals surface area contributed by atoms with Gasteiger partial charge in [-0.25, -0.2) is 8.78 Å². The number of aldehydes is 1. The smallest absolute Gasteiger partial charge is 0.150 e. The number of rotatable bonds is 2. The predicted molar refractivity (Wildman–Crippen MR) is 46.1 cm³/mol. The molecule has 4 heteroatoms. The third kappa shape index (κ3) is 1.83. The molecule has 0 unspecified atom stereocenters. The van der Waals surface area contributed by atoms with Crippen molar-refractivity contribution in [2.24, 2.45) is 0 Å². The van der Waals surface area contributed by atoms with E-state index in [0.29, 0.717) is 6.29 Å². The highest BCUT2D eigenvalue weighted by Crippen LogP contribution is 2.22. The molecule has 0 fully saturated rings. The fourth-order valence-electron chi connectivity index (χ4n) is 1.08. The van der Waals surface area contributed by atoms with Gasteiger partial charge < -0.3 is 4.90 Å². The van der Waals surface area contributed by atoms with Crippen molar-refractivity contribution in [2.45, 2.75) is 0 Å². The summed E-state index contributed by atoms with van der Waals surface area (Å²) in [5.74, 6) is -1.46. The first kappa shape index (κ1) is 9.64. The van der Waals surface area contributed by atoms with Crippen LogP contribution in [0.3, 0.4) is 0 Å². The molecule has 1 aromatic carbocycles. The molecular weight excluding hydrogens is 176 g/mol. The zero-order valence-corrected chi connectivity index (χ0v) is 7.34. The average molecular weight is 185 g/mol. The Morgan fingerprint density at radius 1 is 1.23 bits per heavy atom. The summed E-state index contributed by atoms with van der Waals surface area (Å²) in [5.41, 5.74) is -0.133. The standard InChI is InChI=1S/C9H9F2NO/c1-12(2)9-7(10)3-6(5-13)4-8(9)11/h3-5H,1-2H3. The summed E-state index contributed by atoms with van der Waals surface area (Å²) in [4.78, 5) is 11.6. The van der Waals surface area contributed by atoms with Crippen LogP contribution in [0.5, 0.6) is 0 Å². The summed E-state index contributed by atoms with van der Waals surface area (Å²) in [7, 11) is 3.06. The van der Waals surface area contributed by atoms with Crippen LogP contribution in [0.2, 0.25) is 0 Å². The Balaban J connectivity index is 3.31. The largest absolute Gasteiger partial charge is 0.373 e. The monoisotopic (exact) mass is 185 g/mol. The van der Waals surface area contributed by atoms with E-state index in [1.54, 1.807) is 0 Å². The predicted octanol–water partition coefficient (Wildman–Crippen LogP) is 1.84. The molecule has 0 saturated carbocycles. The Hall–Kier alpha value is -1.45. The quantitative estimate of drug-likeness (QED) is 0.655. The molecular formula is C9H9F2NO. The summed E-state index contributed by atoms with van der Waals surface area (Å²) >= 11 is 0. The van der Waals surface area contributed by atoms with Gasteiger partial charge in [0.1, 0.15) is 23.6 Å². The lowest BCUT2D eigenvalue weighted by atomic mass is 10.2. The van der Waals surface area contributed by atoms with E-state index in [-0.39, 0.29) is 11.3 Å². The molecule has 1 rings (SSSR count). The van der Waals surface area contributed by atoms with Crippen LogP contribution >= 0.6 is 0 Å². The van der Waals surface area contributed by atoms with E-state index in [1.807, 2.05) is 0 Å². The van der Waals surface area contributed by atoms with Gasteiger partial charge in [0.2, 0.25) is 0 Å². The van der Waals surface area contributed by atoms with E-state index in [0.717, 1.165) is 12.1 Å². The van der Waals surface area contributed by atoms with Crippen molar-refractivity contribution in [3.63, 3.8) is 0 Å². The van der Waals surface area contributed by atoms with Gasteiger partial charge in [-0.15, -0.1) is 0 Å². The van der Waals surface area contributed by atoms with Crippen molar-refractivity contribution in [3.05, 3.63) is 29.3 Å². The van der Waals surface area contributed by atoms with Crippen LogP contribution in [-0.2, 0) is 0 Å². The highest BCUT2D eigenvalue weighted by Gasteiger charge is 2.12. The lowest BCUT2D eigenvalue weighted by Gasteiger charge is -2.14. The number of hydrogen-bond acceptors (Lipinski definition) is 2. The first-order chi connectivity index (χ1) is 6.06. The van der Waals surface area contributed by atoms with Crippen LogP contribution in [0.4, 0.5) is 14.5 Å². The van der Waals surface area contributed by atoms with Crippen molar-refractivity contribution in [2.75, 3.05) is 19.0 Å². The number of anilines is 1. The first-order valence-electron chi connectivity index (χ1n) is 3.68. The molecule has 0 aliphatic heterocycles. The number of carbonyl (C=O) groups excluding carboxylic acids is 1. The number of hydrogen-bond donors (Lipinski definition) is 0. The first-order valence-corrected chi connectivity index (χ1v) is 3.68. The topological polar surface area (TPSA) is 20.3 Å². The van der Waals surface area contributed by atoms with Crippen LogP contribution < -0.4 is 4.90 Å². The van der Waals surface area contributed by atoms with Crippen molar-refractivity contribution in [1.82, 2.24) is 0 Å². The van der Waals surface area contributed by atoms with E-state index in [4.69, 9.17) is 0 Å². The van der Waals surface area contributed by atoms with E-state index >= 15 is 0 Å². The van der Waals surface area contributed by atoms with Crippen molar-refractivity contribution in [3.8, 4) is 0 Å². The van der Waals surface area contributed by atoms with Crippen molar-refractivity contribution >= 4 is 12.0 Å². The number of halogens is 2. The fourth-order valence-corrected chi connectivity index (χ4v) is 1.08. The third-order valence-corrected chi connectivity index (χ3v) is 1.62. The number of benzene rings is 1.